The number of hydrogen-bond donors (Lipinski definition) is 0. The van der Waals surface area contributed by atoms with E-state index in [1.807, 2.05) is 0 Å². The Hall–Kier alpha value is -3.71. The van der Waals surface area contributed by atoms with E-state index in [2.05, 4.69) is 0 Å². The number of amides is 1. The molecule has 0 N–H and O–H groups in total. The molecule has 0 bridgehead atoms. The minimum Gasteiger partial charge on any atom is -0.495 e. The fourth-order valence-electron chi connectivity index (χ4n) is 4.01. The first-order valence-corrected chi connectivity index (χ1v) is 9.96. The fourth-order valence-corrected chi connectivity index (χ4v) is 4.26. The van der Waals surface area contributed by atoms with E-state index in [-0.39, 0.29) is 32.9 Å². The van der Waals surface area contributed by atoms with Crippen LogP contribution in [-0.2, 0) is 0 Å². The second kappa shape index (κ2) is 7.46. The molecular formula is C24H14ClF2NO4. The van der Waals surface area contributed by atoms with Gasteiger partial charge in [-0.15, -0.1) is 0 Å². The Labute approximate surface area is 185 Å². The third kappa shape index (κ3) is 2.97. The molecule has 0 saturated carbocycles. The van der Waals surface area contributed by atoms with Gasteiger partial charge in [0.2, 0.25) is 5.76 Å². The summed E-state index contributed by atoms with van der Waals surface area (Å²) < 4.78 is 39.6. The van der Waals surface area contributed by atoms with Crippen molar-refractivity contribution in [2.24, 2.45) is 0 Å². The zero-order chi connectivity index (χ0) is 22.6. The van der Waals surface area contributed by atoms with Crippen LogP contribution in [0, 0.1) is 11.6 Å². The van der Waals surface area contributed by atoms with Gasteiger partial charge in [-0.25, -0.2) is 8.78 Å². The first kappa shape index (κ1) is 20.2. The molecule has 4 aromatic rings. The first-order chi connectivity index (χ1) is 15.4. The number of fused-ring (bicyclic) bond motifs is 2. The van der Waals surface area contributed by atoms with Crippen molar-refractivity contribution in [1.29, 1.82) is 0 Å². The van der Waals surface area contributed by atoms with Crippen LogP contribution >= 0.6 is 11.6 Å². The summed E-state index contributed by atoms with van der Waals surface area (Å²) in [7, 11) is 1.45. The van der Waals surface area contributed by atoms with Gasteiger partial charge >= 0.3 is 0 Å². The van der Waals surface area contributed by atoms with Crippen LogP contribution in [0.25, 0.3) is 11.0 Å². The number of ether oxygens (including phenoxy) is 1. The molecule has 0 fully saturated rings. The third-order valence-corrected chi connectivity index (χ3v) is 5.74. The number of methoxy groups -OCH3 is 1. The Morgan fingerprint density at radius 1 is 1.03 bits per heavy atom. The zero-order valence-corrected chi connectivity index (χ0v) is 17.3. The average Bonchev–Trinajstić information content (AvgIpc) is 3.07. The molecule has 1 aromatic heterocycles. The van der Waals surface area contributed by atoms with E-state index in [4.69, 9.17) is 20.8 Å². The predicted molar refractivity (Wildman–Crippen MR) is 115 cm³/mol. The van der Waals surface area contributed by atoms with Crippen molar-refractivity contribution < 1.29 is 22.7 Å². The van der Waals surface area contributed by atoms with Crippen LogP contribution in [0.2, 0.25) is 5.02 Å². The van der Waals surface area contributed by atoms with Crippen molar-refractivity contribution in [1.82, 2.24) is 0 Å². The van der Waals surface area contributed by atoms with Gasteiger partial charge in [0.05, 0.1) is 29.1 Å². The van der Waals surface area contributed by atoms with Crippen LogP contribution < -0.4 is 15.1 Å². The zero-order valence-electron chi connectivity index (χ0n) is 16.6. The van der Waals surface area contributed by atoms with E-state index < -0.39 is 29.0 Å². The molecule has 0 aliphatic carbocycles. The quantitative estimate of drug-likeness (QED) is 0.412. The van der Waals surface area contributed by atoms with Crippen molar-refractivity contribution in [3.63, 3.8) is 0 Å². The molecule has 5 nitrogen and oxygen atoms in total. The molecule has 0 spiro atoms. The number of benzene rings is 3. The Morgan fingerprint density at radius 2 is 1.81 bits per heavy atom. The molecular weight excluding hydrogens is 440 g/mol. The number of carbonyl (C=O) groups excluding carboxylic acids is 1. The predicted octanol–water partition coefficient (Wildman–Crippen LogP) is 5.48. The van der Waals surface area contributed by atoms with Gasteiger partial charge in [-0.2, -0.15) is 0 Å². The molecule has 3 aromatic carbocycles. The van der Waals surface area contributed by atoms with Gasteiger partial charge in [0.15, 0.2) is 5.43 Å². The second-order valence-corrected chi connectivity index (χ2v) is 7.64. The number of carbonyl (C=O) groups is 1. The number of hydrogen-bond acceptors (Lipinski definition) is 4. The summed E-state index contributed by atoms with van der Waals surface area (Å²) in [6.45, 7) is 0. The van der Waals surface area contributed by atoms with Crippen molar-refractivity contribution in [2.75, 3.05) is 12.0 Å². The van der Waals surface area contributed by atoms with E-state index in [9.17, 15) is 18.4 Å². The topological polar surface area (TPSA) is 59.8 Å². The molecule has 0 saturated heterocycles. The standard InChI is InChI=1S/C24H14ClF2NO4/c1-31-19-9-7-13(11-16(19)25)28-21(14-4-2-3-5-17(14)27)20-22(29)15-10-12(26)6-8-18(15)32-23(20)24(28)30/h2-11,21H,1H3. The molecule has 2 heterocycles. The van der Waals surface area contributed by atoms with Crippen LogP contribution in [0.3, 0.4) is 0 Å². The van der Waals surface area contributed by atoms with Crippen LogP contribution in [0.15, 0.2) is 69.9 Å². The molecule has 0 radical (unpaired) electrons. The van der Waals surface area contributed by atoms with Crippen molar-refractivity contribution >= 4 is 34.2 Å². The van der Waals surface area contributed by atoms with E-state index in [1.165, 1.54) is 42.3 Å². The number of rotatable bonds is 3. The van der Waals surface area contributed by atoms with Crippen LogP contribution in [-0.4, -0.2) is 13.0 Å². The molecule has 1 aliphatic heterocycles. The maximum atomic E-state index is 14.9. The first-order valence-electron chi connectivity index (χ1n) is 9.58. The van der Waals surface area contributed by atoms with Crippen molar-refractivity contribution in [3.05, 3.63) is 104 Å². The van der Waals surface area contributed by atoms with E-state index >= 15 is 0 Å². The normalized spacial score (nSPS) is 15.3. The second-order valence-electron chi connectivity index (χ2n) is 7.23. The Kier molecular flexibility index (Phi) is 4.71. The maximum absolute atomic E-state index is 14.9. The number of halogens is 3. The van der Waals surface area contributed by atoms with Crippen LogP contribution in [0.5, 0.6) is 5.75 Å². The molecule has 8 heteroatoms. The molecule has 1 aliphatic rings. The summed E-state index contributed by atoms with van der Waals surface area (Å²) in [5.41, 5.74) is -0.204. The summed E-state index contributed by atoms with van der Waals surface area (Å²) in [6, 6.07) is 12.8. The summed E-state index contributed by atoms with van der Waals surface area (Å²) in [6.07, 6.45) is 0. The third-order valence-electron chi connectivity index (χ3n) is 5.45. The van der Waals surface area contributed by atoms with Crippen LogP contribution in [0.1, 0.15) is 27.7 Å². The van der Waals surface area contributed by atoms with Gasteiger partial charge in [0.25, 0.3) is 5.91 Å². The van der Waals surface area contributed by atoms with E-state index in [0.717, 1.165) is 12.1 Å². The number of nitrogens with zero attached hydrogens (tertiary/aromatic N) is 1. The van der Waals surface area contributed by atoms with Gasteiger partial charge in [-0.1, -0.05) is 29.8 Å². The number of anilines is 1. The Morgan fingerprint density at radius 3 is 2.53 bits per heavy atom. The minimum absolute atomic E-state index is 0.0347. The molecule has 5 rings (SSSR count). The van der Waals surface area contributed by atoms with Crippen LogP contribution in [0.4, 0.5) is 14.5 Å². The summed E-state index contributed by atoms with van der Waals surface area (Å²) in [5, 5.41) is 0.195. The van der Waals surface area contributed by atoms with E-state index in [1.54, 1.807) is 18.2 Å². The van der Waals surface area contributed by atoms with E-state index in [0.29, 0.717) is 11.4 Å². The van der Waals surface area contributed by atoms with Gasteiger partial charge < -0.3 is 9.15 Å². The summed E-state index contributed by atoms with van der Waals surface area (Å²) in [4.78, 5) is 28.1. The Bertz CT molecular complexity index is 1470. The fraction of sp³-hybridized carbons (Fsp3) is 0.0833. The average molecular weight is 454 g/mol. The van der Waals surface area contributed by atoms with Gasteiger partial charge in [0, 0.05) is 11.3 Å². The highest BCUT2D eigenvalue weighted by Gasteiger charge is 2.44. The molecule has 1 amide bonds. The monoisotopic (exact) mass is 453 g/mol. The molecule has 1 atom stereocenters. The van der Waals surface area contributed by atoms with Crippen molar-refractivity contribution in [3.8, 4) is 5.75 Å². The Balaban J connectivity index is 1.82. The summed E-state index contributed by atoms with van der Waals surface area (Å²) >= 11 is 6.26. The lowest BCUT2D eigenvalue weighted by molar-refractivity contribution is 0.0970. The smallest absolute Gasteiger partial charge is 0.295 e. The van der Waals surface area contributed by atoms with Gasteiger partial charge in [0.1, 0.15) is 23.0 Å². The SMILES string of the molecule is COc1ccc(N2C(=O)c3oc4ccc(F)cc4c(=O)c3C2c2ccccc2F)cc1Cl. The highest BCUT2D eigenvalue weighted by molar-refractivity contribution is 6.32. The lowest BCUT2D eigenvalue weighted by Crippen LogP contribution is -2.30. The van der Waals surface area contributed by atoms with Crippen molar-refractivity contribution in [2.45, 2.75) is 6.04 Å². The van der Waals surface area contributed by atoms with Gasteiger partial charge in [-0.05, 0) is 42.5 Å². The maximum Gasteiger partial charge on any atom is 0.295 e. The highest BCUT2D eigenvalue weighted by atomic mass is 35.5. The molecule has 32 heavy (non-hydrogen) atoms. The van der Waals surface area contributed by atoms with Gasteiger partial charge in [-0.3, -0.25) is 14.5 Å². The lowest BCUT2D eigenvalue weighted by Gasteiger charge is -2.26. The lowest BCUT2D eigenvalue weighted by atomic mass is 9.97. The summed E-state index contributed by atoms with van der Waals surface area (Å²) in [5.74, 6) is -1.72. The largest absolute Gasteiger partial charge is 0.495 e. The molecule has 160 valence electrons. The minimum atomic E-state index is -1.13. The highest BCUT2D eigenvalue weighted by Crippen LogP contribution is 2.43. The molecule has 1 unspecified atom stereocenters.